The molecule has 0 spiro atoms. The zero-order chi connectivity index (χ0) is 36.5. The van der Waals surface area contributed by atoms with Gasteiger partial charge in [-0.3, -0.25) is 4.79 Å². The lowest BCUT2D eigenvalue weighted by atomic mass is 10.1. The Bertz CT molecular complexity index is 1820. The molecule has 0 saturated carbocycles. The molecule has 0 fully saturated rings. The number of amides is 1. The van der Waals surface area contributed by atoms with Gasteiger partial charge in [0.05, 0.1) is 18.8 Å². The third-order valence-electron chi connectivity index (χ3n) is 8.22. The zero-order valence-corrected chi connectivity index (χ0v) is 31.0. The summed E-state index contributed by atoms with van der Waals surface area (Å²) in [6.45, 7) is 18.2. The number of carbonyl (C=O) groups is 1. The Balaban J connectivity index is 1.67. The van der Waals surface area contributed by atoms with Gasteiger partial charge in [0.25, 0.3) is 12.1 Å². The number of benzene rings is 2. The summed E-state index contributed by atoms with van der Waals surface area (Å²) in [7, 11) is 0. The number of pyridine rings is 2. The van der Waals surface area contributed by atoms with Crippen LogP contribution >= 0.6 is 0 Å². The van der Waals surface area contributed by atoms with Crippen molar-refractivity contribution in [2.24, 2.45) is 16.8 Å². The van der Waals surface area contributed by atoms with Crippen LogP contribution in [0.3, 0.4) is 0 Å². The number of carbonyl (C=O) groups excluding carboxylic acids is 1. The molecule has 2 N–H and O–H groups in total. The third-order valence-corrected chi connectivity index (χ3v) is 8.22. The monoisotopic (exact) mass is 695 g/mol. The first kappa shape index (κ1) is 37.4. The number of hydrogen-bond acceptors (Lipinski definition) is 9. The van der Waals surface area contributed by atoms with E-state index in [-0.39, 0.29) is 35.4 Å². The van der Waals surface area contributed by atoms with E-state index < -0.39 is 6.23 Å². The Hall–Kier alpha value is -4.84. The van der Waals surface area contributed by atoms with Crippen molar-refractivity contribution in [3.63, 3.8) is 0 Å². The van der Waals surface area contributed by atoms with Crippen molar-refractivity contribution in [1.82, 2.24) is 14.5 Å². The highest BCUT2D eigenvalue weighted by Crippen LogP contribution is 2.50. The second kappa shape index (κ2) is 16.9. The van der Waals surface area contributed by atoms with Crippen LogP contribution < -0.4 is 24.6 Å². The van der Waals surface area contributed by atoms with Crippen LogP contribution in [-0.4, -0.2) is 60.8 Å². The number of aryl methyl sites for hydroxylation is 2. The van der Waals surface area contributed by atoms with Gasteiger partial charge in [-0.05, 0) is 63.9 Å². The van der Waals surface area contributed by atoms with Crippen molar-refractivity contribution < 1.29 is 23.7 Å². The van der Waals surface area contributed by atoms with Crippen LogP contribution in [0.4, 0.5) is 22.7 Å². The predicted octanol–water partition coefficient (Wildman–Crippen LogP) is 8.79. The van der Waals surface area contributed by atoms with Crippen molar-refractivity contribution in [1.29, 1.82) is 0 Å². The number of rotatable bonds is 17. The van der Waals surface area contributed by atoms with Gasteiger partial charge in [0.2, 0.25) is 11.7 Å². The number of nitrogens with zero attached hydrogens (tertiary/aromatic N) is 4. The SMILES string of the molecule is CCOCC1=Nc2c(cc(C)nc2Oc2ccccc2)[N+]1(CC(C)C)C(OCC)C(=O)Nc1c(NCC(C)C)cc(C)nc1Oc1ccccc1. The summed E-state index contributed by atoms with van der Waals surface area (Å²) in [6, 6.07) is 22.8. The molecule has 3 heterocycles. The van der Waals surface area contributed by atoms with Crippen molar-refractivity contribution in [2.75, 3.05) is 43.5 Å². The molecule has 0 bridgehead atoms. The average Bonchev–Trinajstić information content (AvgIpc) is 3.39. The van der Waals surface area contributed by atoms with Crippen LogP contribution in [0.5, 0.6) is 23.3 Å². The van der Waals surface area contributed by atoms with Gasteiger partial charge in [0.1, 0.15) is 23.8 Å². The van der Waals surface area contributed by atoms with Gasteiger partial charge in [0, 0.05) is 36.5 Å². The number of para-hydroxylation sites is 2. The molecule has 270 valence electrons. The highest BCUT2D eigenvalue weighted by molar-refractivity contribution is 6.10. The van der Waals surface area contributed by atoms with E-state index in [2.05, 4.69) is 38.3 Å². The minimum absolute atomic E-state index is 0.0237. The lowest BCUT2D eigenvalue weighted by Gasteiger charge is -2.41. The fourth-order valence-corrected chi connectivity index (χ4v) is 6.18. The predicted molar refractivity (Wildman–Crippen MR) is 203 cm³/mol. The Morgan fingerprint density at radius 2 is 1.41 bits per heavy atom. The quantitative estimate of drug-likeness (QED) is 0.105. The van der Waals surface area contributed by atoms with Gasteiger partial charge in [0.15, 0.2) is 11.4 Å². The molecule has 11 nitrogen and oxygen atoms in total. The number of aliphatic imine (C=N–C) groups is 1. The van der Waals surface area contributed by atoms with Crippen LogP contribution in [-0.2, 0) is 14.3 Å². The topological polar surface area (TPSA) is 116 Å². The molecule has 1 aliphatic heterocycles. The number of aromatic nitrogens is 2. The molecule has 1 amide bonds. The van der Waals surface area contributed by atoms with Crippen LogP contribution in [0, 0.1) is 25.7 Å². The van der Waals surface area contributed by atoms with E-state index in [0.717, 1.165) is 17.1 Å². The van der Waals surface area contributed by atoms with Crippen LogP contribution in [0.25, 0.3) is 0 Å². The first-order valence-corrected chi connectivity index (χ1v) is 17.7. The van der Waals surface area contributed by atoms with Crippen LogP contribution in [0.15, 0.2) is 77.8 Å². The van der Waals surface area contributed by atoms with E-state index in [9.17, 15) is 0 Å². The first-order chi connectivity index (χ1) is 24.5. The van der Waals surface area contributed by atoms with E-state index >= 15 is 4.79 Å². The maximum absolute atomic E-state index is 15.0. The van der Waals surface area contributed by atoms with Crippen LogP contribution in [0.2, 0.25) is 0 Å². The van der Waals surface area contributed by atoms with Gasteiger partial charge >= 0.3 is 5.91 Å². The molecular weight excluding hydrogens is 644 g/mol. The minimum atomic E-state index is -1.08. The molecule has 0 saturated heterocycles. The molecule has 4 aromatic rings. The van der Waals surface area contributed by atoms with Gasteiger partial charge < -0.3 is 29.6 Å². The molecule has 0 radical (unpaired) electrons. The van der Waals surface area contributed by atoms with E-state index in [1.54, 1.807) is 0 Å². The molecule has 51 heavy (non-hydrogen) atoms. The second-order valence-electron chi connectivity index (χ2n) is 13.4. The number of nitrogens with one attached hydrogen (secondary N) is 2. The van der Waals surface area contributed by atoms with E-state index in [4.69, 9.17) is 33.9 Å². The second-order valence-corrected chi connectivity index (χ2v) is 13.4. The Kier molecular flexibility index (Phi) is 12.4. The van der Waals surface area contributed by atoms with Gasteiger partial charge in [-0.15, -0.1) is 0 Å². The largest absolute Gasteiger partial charge is 0.437 e. The number of fused-ring (bicyclic) bond motifs is 1. The lowest BCUT2D eigenvalue weighted by molar-refractivity contribution is -0.135. The van der Waals surface area contributed by atoms with Crippen molar-refractivity contribution in [3.8, 4) is 23.3 Å². The Morgan fingerprint density at radius 3 is 2.00 bits per heavy atom. The summed E-state index contributed by atoms with van der Waals surface area (Å²) in [6.07, 6.45) is -1.08. The highest BCUT2D eigenvalue weighted by Gasteiger charge is 2.55. The molecule has 2 unspecified atom stereocenters. The smallest absolute Gasteiger partial charge is 0.313 e. The first-order valence-electron chi connectivity index (χ1n) is 17.7. The van der Waals surface area contributed by atoms with Gasteiger partial charge in [-0.25, -0.2) is 14.5 Å². The number of hydrogen-bond donors (Lipinski definition) is 2. The molecule has 2 atom stereocenters. The Labute approximate surface area is 301 Å². The number of quaternary nitrogens is 1. The molecule has 2 aromatic heterocycles. The average molecular weight is 696 g/mol. The standard InChI is InChI=1S/C40H50N6O5/c1-9-48-25-34-44-36-33(22-29(8)43-39(36)51-31-19-15-12-16-20-31)46(34,24-27(5)6)40(49-10-2)37(47)45-35-32(41-23-26(3)4)21-28(7)42-38(35)50-30-17-13-11-14-18-30/h11-22,26-27,40H,9-10,23-25H2,1-8H3,(H-,41,42,45,47)/p+1. The van der Waals surface area contributed by atoms with E-state index in [1.807, 2.05) is 100 Å². The molecule has 0 aliphatic carbocycles. The molecule has 5 rings (SSSR count). The number of anilines is 2. The molecular formula is C40H51N6O5+. The zero-order valence-electron chi connectivity index (χ0n) is 31.0. The summed E-state index contributed by atoms with van der Waals surface area (Å²) < 4.78 is 25.2. The summed E-state index contributed by atoms with van der Waals surface area (Å²) in [5, 5.41) is 6.72. The van der Waals surface area contributed by atoms with Crippen molar-refractivity contribution in [3.05, 3.63) is 84.2 Å². The number of ether oxygens (including phenoxy) is 4. The maximum atomic E-state index is 15.0. The maximum Gasteiger partial charge on any atom is 0.313 e. The van der Waals surface area contributed by atoms with Gasteiger partial charge in [-0.1, -0.05) is 64.1 Å². The minimum Gasteiger partial charge on any atom is -0.437 e. The normalized spacial score (nSPS) is 15.8. The molecule has 1 aliphatic rings. The summed E-state index contributed by atoms with van der Waals surface area (Å²) in [5.74, 6) is 2.56. The van der Waals surface area contributed by atoms with Gasteiger partial charge in [-0.2, -0.15) is 4.99 Å². The molecule has 11 heteroatoms. The number of amidine groups is 1. The highest BCUT2D eigenvalue weighted by atomic mass is 16.5. The van der Waals surface area contributed by atoms with Crippen LogP contribution in [0.1, 0.15) is 52.9 Å². The third kappa shape index (κ3) is 8.73. The fraction of sp³-hybridized carbons (Fsp3) is 0.400. The van der Waals surface area contributed by atoms with Crippen molar-refractivity contribution in [2.45, 2.75) is 61.6 Å². The Morgan fingerprint density at radius 1 is 0.804 bits per heavy atom. The van der Waals surface area contributed by atoms with Crippen molar-refractivity contribution >= 4 is 34.5 Å². The summed E-state index contributed by atoms with van der Waals surface area (Å²) in [4.78, 5) is 29.7. The fourth-order valence-electron chi connectivity index (χ4n) is 6.18. The summed E-state index contributed by atoms with van der Waals surface area (Å²) in [5.41, 5.74) is 3.88. The molecule has 2 aromatic carbocycles. The summed E-state index contributed by atoms with van der Waals surface area (Å²) >= 11 is 0. The lowest BCUT2D eigenvalue weighted by Crippen LogP contribution is -2.66. The van der Waals surface area contributed by atoms with E-state index in [0.29, 0.717) is 65.9 Å². The van der Waals surface area contributed by atoms with E-state index in [1.165, 1.54) is 0 Å².